The monoisotopic (exact) mass is 330 g/mol. The quantitative estimate of drug-likeness (QED) is 0.367. The number of benzene rings is 1. The van der Waals surface area contributed by atoms with E-state index in [4.69, 9.17) is 4.74 Å². The highest BCUT2D eigenvalue weighted by atomic mass is 16.5. The van der Waals surface area contributed by atoms with Gasteiger partial charge in [0.1, 0.15) is 6.10 Å². The van der Waals surface area contributed by atoms with Crippen LogP contribution in [-0.2, 0) is 16.0 Å². The Morgan fingerprint density at radius 2 is 1.62 bits per heavy atom. The molecule has 0 amide bonds. The molecule has 24 heavy (non-hydrogen) atoms. The third-order valence-corrected chi connectivity index (χ3v) is 5.18. The maximum Gasteiger partial charge on any atom is 0.309 e. The van der Waals surface area contributed by atoms with Gasteiger partial charge in [0.25, 0.3) is 0 Å². The van der Waals surface area contributed by atoms with Gasteiger partial charge in [0.05, 0.1) is 5.92 Å². The second kappa shape index (κ2) is 10.5. The number of ether oxygens (including phenoxy) is 1. The lowest BCUT2D eigenvalue weighted by Crippen LogP contribution is -2.26. The number of unbranched alkanes of at least 4 members (excludes halogenated alkanes) is 5. The van der Waals surface area contributed by atoms with Crippen LogP contribution in [0, 0.1) is 5.92 Å². The molecule has 1 aliphatic heterocycles. The molecule has 0 aliphatic carbocycles. The molecule has 134 valence electrons. The van der Waals surface area contributed by atoms with Crippen molar-refractivity contribution in [2.75, 3.05) is 0 Å². The van der Waals surface area contributed by atoms with Crippen molar-refractivity contribution in [3.05, 3.63) is 35.4 Å². The van der Waals surface area contributed by atoms with Gasteiger partial charge in [-0.05, 0) is 43.2 Å². The van der Waals surface area contributed by atoms with E-state index >= 15 is 0 Å². The summed E-state index contributed by atoms with van der Waals surface area (Å²) in [4.78, 5) is 12.1. The van der Waals surface area contributed by atoms with Gasteiger partial charge in [-0.25, -0.2) is 0 Å². The molecule has 0 N–H and O–H groups in total. The topological polar surface area (TPSA) is 26.3 Å². The fourth-order valence-electron chi connectivity index (χ4n) is 3.62. The molecule has 2 heteroatoms. The van der Waals surface area contributed by atoms with Crippen molar-refractivity contribution in [2.24, 2.45) is 5.92 Å². The van der Waals surface area contributed by atoms with Crippen LogP contribution >= 0.6 is 0 Å². The molecule has 0 radical (unpaired) electrons. The summed E-state index contributed by atoms with van der Waals surface area (Å²) >= 11 is 0. The zero-order valence-corrected chi connectivity index (χ0v) is 15.6. The number of carbonyl (C=O) groups is 1. The molecule has 0 spiro atoms. The second-order valence-corrected chi connectivity index (χ2v) is 7.25. The largest absolute Gasteiger partial charge is 0.457 e. The Morgan fingerprint density at radius 3 is 2.29 bits per heavy atom. The molecule has 0 bridgehead atoms. The first-order chi connectivity index (χ1) is 11.7. The van der Waals surface area contributed by atoms with Gasteiger partial charge in [0.2, 0.25) is 0 Å². The summed E-state index contributed by atoms with van der Waals surface area (Å²) in [6.45, 7) is 4.39. The minimum absolute atomic E-state index is 0.00394. The van der Waals surface area contributed by atoms with E-state index in [1.165, 1.54) is 44.1 Å². The summed E-state index contributed by atoms with van der Waals surface area (Å²) in [7, 11) is 0. The molecule has 1 heterocycles. The van der Waals surface area contributed by atoms with E-state index in [2.05, 4.69) is 38.1 Å². The predicted molar refractivity (Wildman–Crippen MR) is 100.0 cm³/mol. The second-order valence-electron chi connectivity index (χ2n) is 7.25. The zero-order chi connectivity index (χ0) is 17.2. The predicted octanol–water partition coefficient (Wildman–Crippen LogP) is 6.38. The fraction of sp³-hybridized carbons (Fsp3) is 0.682. The van der Waals surface area contributed by atoms with Gasteiger partial charge in [0.15, 0.2) is 0 Å². The van der Waals surface area contributed by atoms with Crippen LogP contribution in [0.1, 0.15) is 95.3 Å². The third-order valence-electron chi connectivity index (χ3n) is 5.18. The van der Waals surface area contributed by atoms with E-state index in [0.29, 0.717) is 0 Å². The third kappa shape index (κ3) is 5.96. The Bertz CT molecular complexity index is 477. The summed E-state index contributed by atoms with van der Waals surface area (Å²) in [5.74, 6) is 0.127. The normalized spacial score (nSPS) is 20.8. The lowest BCUT2D eigenvalue weighted by atomic mass is 9.91. The van der Waals surface area contributed by atoms with Crippen molar-refractivity contribution in [1.29, 1.82) is 0 Å². The van der Waals surface area contributed by atoms with Gasteiger partial charge in [-0.3, -0.25) is 4.79 Å². The van der Waals surface area contributed by atoms with Crippen LogP contribution in [0.25, 0.3) is 0 Å². The molecule has 0 saturated carbocycles. The molecule has 1 fully saturated rings. The van der Waals surface area contributed by atoms with Crippen LogP contribution in [0.5, 0.6) is 0 Å². The molecule has 1 aromatic carbocycles. The Morgan fingerprint density at radius 1 is 0.917 bits per heavy atom. The molecule has 1 aromatic rings. The van der Waals surface area contributed by atoms with E-state index in [-0.39, 0.29) is 18.0 Å². The van der Waals surface area contributed by atoms with Crippen molar-refractivity contribution in [3.63, 3.8) is 0 Å². The number of hydrogen-bond donors (Lipinski definition) is 0. The van der Waals surface area contributed by atoms with Crippen molar-refractivity contribution in [1.82, 2.24) is 0 Å². The van der Waals surface area contributed by atoms with Gasteiger partial charge >= 0.3 is 5.97 Å². The van der Waals surface area contributed by atoms with Crippen LogP contribution in [0.2, 0.25) is 0 Å². The van der Waals surface area contributed by atoms with Crippen LogP contribution < -0.4 is 0 Å². The van der Waals surface area contributed by atoms with Crippen LogP contribution in [0.15, 0.2) is 24.3 Å². The minimum atomic E-state index is -0.0336. The Balaban J connectivity index is 1.75. The van der Waals surface area contributed by atoms with Crippen molar-refractivity contribution in [2.45, 2.75) is 90.6 Å². The number of esters is 1. The number of cyclic esters (lactones) is 1. The maximum absolute atomic E-state index is 12.1. The minimum Gasteiger partial charge on any atom is -0.457 e. The molecule has 2 unspecified atom stereocenters. The number of carbonyl (C=O) groups excluding carboxylic acids is 1. The average Bonchev–Trinajstić information content (AvgIpc) is 2.60. The summed E-state index contributed by atoms with van der Waals surface area (Å²) < 4.78 is 5.67. The van der Waals surface area contributed by atoms with Crippen molar-refractivity contribution >= 4 is 5.97 Å². The standard InChI is InChI=1S/C22H34O2/c1-3-5-6-7-8-9-11-18-12-14-19(15-13-18)21-17-16-20(10-4-2)22(23)24-21/h12-15,20-21H,3-11,16-17H2,1-2H3. The molecule has 1 saturated heterocycles. The smallest absolute Gasteiger partial charge is 0.309 e. The Kier molecular flexibility index (Phi) is 8.35. The van der Waals surface area contributed by atoms with E-state index < -0.39 is 0 Å². The Labute approximate surface area is 148 Å². The zero-order valence-electron chi connectivity index (χ0n) is 15.6. The van der Waals surface area contributed by atoms with Gasteiger partial charge in [0, 0.05) is 0 Å². The van der Waals surface area contributed by atoms with Crippen LogP contribution in [0.3, 0.4) is 0 Å². The number of hydrogen-bond acceptors (Lipinski definition) is 2. The Hall–Kier alpha value is -1.31. The summed E-state index contributed by atoms with van der Waals surface area (Å²) in [5, 5.41) is 0. The van der Waals surface area contributed by atoms with Gasteiger partial charge < -0.3 is 4.74 Å². The summed E-state index contributed by atoms with van der Waals surface area (Å²) in [5.41, 5.74) is 2.56. The first kappa shape index (κ1) is 19.0. The van der Waals surface area contributed by atoms with Crippen molar-refractivity contribution < 1.29 is 9.53 Å². The highest BCUT2D eigenvalue weighted by molar-refractivity contribution is 5.73. The molecule has 2 rings (SSSR count). The maximum atomic E-state index is 12.1. The van der Waals surface area contributed by atoms with Gasteiger partial charge in [-0.15, -0.1) is 0 Å². The highest BCUT2D eigenvalue weighted by Gasteiger charge is 2.30. The molecular weight excluding hydrogens is 296 g/mol. The average molecular weight is 331 g/mol. The fourth-order valence-corrected chi connectivity index (χ4v) is 3.62. The molecule has 1 aliphatic rings. The summed E-state index contributed by atoms with van der Waals surface area (Å²) in [6, 6.07) is 8.75. The van der Waals surface area contributed by atoms with Crippen LogP contribution in [0.4, 0.5) is 0 Å². The summed E-state index contributed by atoms with van der Waals surface area (Å²) in [6.07, 6.45) is 13.1. The van der Waals surface area contributed by atoms with Crippen molar-refractivity contribution in [3.8, 4) is 0 Å². The lowest BCUT2D eigenvalue weighted by Gasteiger charge is -2.28. The first-order valence-electron chi connectivity index (χ1n) is 10.0. The molecule has 2 nitrogen and oxygen atoms in total. The highest BCUT2D eigenvalue weighted by Crippen LogP contribution is 2.33. The van der Waals surface area contributed by atoms with E-state index in [9.17, 15) is 4.79 Å². The van der Waals surface area contributed by atoms with Gasteiger partial charge in [-0.2, -0.15) is 0 Å². The number of aryl methyl sites for hydroxylation is 1. The van der Waals surface area contributed by atoms with E-state index in [0.717, 1.165) is 37.7 Å². The van der Waals surface area contributed by atoms with E-state index in [1.807, 2.05) is 0 Å². The number of rotatable bonds is 10. The van der Waals surface area contributed by atoms with E-state index in [1.54, 1.807) is 0 Å². The molecular formula is C22H34O2. The van der Waals surface area contributed by atoms with Crippen LogP contribution in [-0.4, -0.2) is 5.97 Å². The lowest BCUT2D eigenvalue weighted by molar-refractivity contribution is -0.161. The van der Waals surface area contributed by atoms with Gasteiger partial charge in [-0.1, -0.05) is 76.6 Å². The first-order valence-corrected chi connectivity index (χ1v) is 10.0. The SMILES string of the molecule is CCCCCCCCc1ccc(C2CCC(CCC)C(=O)O2)cc1. The molecule has 2 atom stereocenters. The molecule has 0 aromatic heterocycles.